The van der Waals surface area contributed by atoms with Crippen LogP contribution in [-0.4, -0.2) is 42.4 Å². The van der Waals surface area contributed by atoms with Gasteiger partial charge in [-0.25, -0.2) is 0 Å². The Bertz CT molecular complexity index is 869. The molecule has 0 spiro atoms. The third kappa shape index (κ3) is 5.58. The lowest BCUT2D eigenvalue weighted by Crippen LogP contribution is -2.51. The van der Waals surface area contributed by atoms with E-state index in [4.69, 9.17) is 11.6 Å². The molecule has 2 amide bonds. The van der Waals surface area contributed by atoms with Gasteiger partial charge in [0.2, 0.25) is 5.91 Å². The highest BCUT2D eigenvalue weighted by molar-refractivity contribution is 6.33. The van der Waals surface area contributed by atoms with E-state index in [-0.39, 0.29) is 17.7 Å². The fourth-order valence-electron chi connectivity index (χ4n) is 3.59. The second kappa shape index (κ2) is 9.90. The number of hydrogen-bond donors (Lipinski definition) is 2. The number of halogens is 1. The van der Waals surface area contributed by atoms with Crippen molar-refractivity contribution >= 4 is 23.4 Å². The SMILES string of the molecule is CC(C)[C@H](NC(=O)c1ccccc1Cl)C(=O)NCCN1CCc2ccccc2C1. The van der Waals surface area contributed by atoms with Gasteiger partial charge in [-0.1, -0.05) is 61.8 Å². The molecule has 2 aromatic carbocycles. The molecule has 2 N–H and O–H groups in total. The Kier molecular flexibility index (Phi) is 7.29. The Morgan fingerprint density at radius 1 is 1.07 bits per heavy atom. The van der Waals surface area contributed by atoms with Gasteiger partial charge in [-0.05, 0) is 35.6 Å². The zero-order valence-corrected chi connectivity index (χ0v) is 17.7. The maximum Gasteiger partial charge on any atom is 0.253 e. The molecule has 1 aliphatic heterocycles. The first-order valence-electron chi connectivity index (χ1n) is 10.1. The van der Waals surface area contributed by atoms with Crippen LogP contribution in [0.4, 0.5) is 0 Å². The smallest absolute Gasteiger partial charge is 0.253 e. The van der Waals surface area contributed by atoms with Crippen LogP contribution in [0, 0.1) is 5.92 Å². The second-order valence-corrected chi connectivity index (χ2v) is 8.17. The largest absolute Gasteiger partial charge is 0.353 e. The Balaban J connectivity index is 1.51. The Hall–Kier alpha value is -2.37. The Labute approximate surface area is 177 Å². The zero-order valence-electron chi connectivity index (χ0n) is 17.0. The summed E-state index contributed by atoms with van der Waals surface area (Å²) in [5.74, 6) is -0.543. The molecular weight excluding hydrogens is 386 g/mol. The van der Waals surface area contributed by atoms with Crippen LogP contribution in [0.2, 0.25) is 5.02 Å². The fourth-order valence-corrected chi connectivity index (χ4v) is 3.81. The summed E-state index contributed by atoms with van der Waals surface area (Å²) in [5, 5.41) is 6.18. The number of rotatable bonds is 7. The molecule has 0 fully saturated rings. The second-order valence-electron chi connectivity index (χ2n) is 7.76. The Morgan fingerprint density at radius 2 is 1.76 bits per heavy atom. The lowest BCUT2D eigenvalue weighted by atomic mass is 10.00. The van der Waals surface area contributed by atoms with Crippen molar-refractivity contribution in [3.05, 3.63) is 70.2 Å². The van der Waals surface area contributed by atoms with Crippen LogP contribution >= 0.6 is 11.6 Å². The van der Waals surface area contributed by atoms with E-state index in [1.54, 1.807) is 24.3 Å². The number of nitrogens with one attached hydrogen (secondary N) is 2. The zero-order chi connectivity index (χ0) is 20.8. The molecule has 1 aliphatic rings. The predicted octanol–water partition coefficient (Wildman–Crippen LogP) is 3.27. The van der Waals surface area contributed by atoms with Gasteiger partial charge < -0.3 is 10.6 Å². The molecule has 0 saturated heterocycles. The molecule has 0 aliphatic carbocycles. The van der Waals surface area contributed by atoms with Gasteiger partial charge in [0.15, 0.2) is 0 Å². The maximum atomic E-state index is 12.7. The molecule has 1 heterocycles. The summed E-state index contributed by atoms with van der Waals surface area (Å²) in [6.45, 7) is 7.06. The van der Waals surface area contributed by atoms with Gasteiger partial charge >= 0.3 is 0 Å². The summed E-state index contributed by atoms with van der Waals surface area (Å²) >= 11 is 6.10. The number of hydrogen-bond acceptors (Lipinski definition) is 3. The molecule has 3 rings (SSSR count). The summed E-state index contributed by atoms with van der Waals surface area (Å²) in [5.41, 5.74) is 3.15. The number of nitrogens with zero attached hydrogens (tertiary/aromatic N) is 1. The molecule has 6 heteroatoms. The third-order valence-corrected chi connectivity index (χ3v) is 5.62. The monoisotopic (exact) mass is 413 g/mol. The topological polar surface area (TPSA) is 61.4 Å². The molecule has 5 nitrogen and oxygen atoms in total. The van der Waals surface area contributed by atoms with Crippen LogP contribution < -0.4 is 10.6 Å². The van der Waals surface area contributed by atoms with Gasteiger partial charge in [0.25, 0.3) is 5.91 Å². The minimum absolute atomic E-state index is 0.0386. The van der Waals surface area contributed by atoms with Crippen LogP contribution in [-0.2, 0) is 17.8 Å². The van der Waals surface area contributed by atoms with E-state index >= 15 is 0 Å². The number of carbonyl (C=O) groups excluding carboxylic acids is 2. The average molecular weight is 414 g/mol. The highest BCUT2D eigenvalue weighted by atomic mass is 35.5. The molecule has 0 bridgehead atoms. The van der Waals surface area contributed by atoms with Gasteiger partial charge in [-0.3, -0.25) is 14.5 Å². The van der Waals surface area contributed by atoms with E-state index in [1.165, 1.54) is 11.1 Å². The van der Waals surface area contributed by atoms with Crippen molar-refractivity contribution in [2.75, 3.05) is 19.6 Å². The van der Waals surface area contributed by atoms with E-state index in [0.717, 1.165) is 26.1 Å². The van der Waals surface area contributed by atoms with Crippen molar-refractivity contribution in [3.8, 4) is 0 Å². The van der Waals surface area contributed by atoms with Gasteiger partial charge in [-0.15, -0.1) is 0 Å². The highest BCUT2D eigenvalue weighted by Crippen LogP contribution is 2.18. The van der Waals surface area contributed by atoms with Crippen molar-refractivity contribution in [2.24, 2.45) is 5.92 Å². The van der Waals surface area contributed by atoms with Gasteiger partial charge in [0.05, 0.1) is 10.6 Å². The van der Waals surface area contributed by atoms with Crippen molar-refractivity contribution in [1.29, 1.82) is 0 Å². The minimum atomic E-state index is -0.610. The molecule has 0 aromatic heterocycles. The predicted molar refractivity (Wildman–Crippen MR) is 116 cm³/mol. The van der Waals surface area contributed by atoms with E-state index in [9.17, 15) is 9.59 Å². The highest BCUT2D eigenvalue weighted by Gasteiger charge is 2.25. The molecule has 29 heavy (non-hydrogen) atoms. The number of carbonyl (C=O) groups is 2. The quantitative estimate of drug-likeness (QED) is 0.732. The Morgan fingerprint density at radius 3 is 2.48 bits per heavy atom. The van der Waals surface area contributed by atoms with Gasteiger partial charge in [-0.2, -0.15) is 0 Å². The first-order valence-corrected chi connectivity index (χ1v) is 10.5. The summed E-state index contributed by atoms with van der Waals surface area (Å²) in [6.07, 6.45) is 1.03. The molecule has 0 unspecified atom stereocenters. The normalized spacial score (nSPS) is 14.9. The van der Waals surface area contributed by atoms with Crippen molar-refractivity contribution in [2.45, 2.75) is 32.9 Å². The summed E-state index contributed by atoms with van der Waals surface area (Å²) < 4.78 is 0. The molecule has 0 saturated carbocycles. The van der Waals surface area contributed by atoms with Crippen LogP contribution in [0.5, 0.6) is 0 Å². The standard InChI is InChI=1S/C23H28ClN3O2/c1-16(2)21(26-22(28)19-9-5-6-10-20(19)24)23(29)25-12-14-27-13-11-17-7-3-4-8-18(17)15-27/h3-10,16,21H,11-15H2,1-2H3,(H,25,29)(H,26,28)/t21-/m0/s1. The first kappa shape index (κ1) is 21.3. The lowest BCUT2D eigenvalue weighted by molar-refractivity contribution is -0.124. The summed E-state index contributed by atoms with van der Waals surface area (Å²) in [4.78, 5) is 27.6. The lowest BCUT2D eigenvalue weighted by Gasteiger charge is -2.29. The van der Waals surface area contributed by atoms with Crippen molar-refractivity contribution in [1.82, 2.24) is 15.5 Å². The van der Waals surface area contributed by atoms with Crippen molar-refractivity contribution < 1.29 is 9.59 Å². The number of fused-ring (bicyclic) bond motifs is 1. The van der Waals surface area contributed by atoms with Crippen LogP contribution in [0.25, 0.3) is 0 Å². The van der Waals surface area contributed by atoms with E-state index in [1.807, 2.05) is 13.8 Å². The fraction of sp³-hybridized carbons (Fsp3) is 0.391. The van der Waals surface area contributed by atoms with Crippen LogP contribution in [0.15, 0.2) is 48.5 Å². The summed E-state index contributed by atoms with van der Waals surface area (Å²) in [6, 6.07) is 14.7. The first-order chi connectivity index (χ1) is 14.0. The molecular formula is C23H28ClN3O2. The maximum absolute atomic E-state index is 12.7. The van der Waals surface area contributed by atoms with Crippen LogP contribution in [0.1, 0.15) is 35.3 Å². The molecule has 0 radical (unpaired) electrons. The van der Waals surface area contributed by atoms with Gasteiger partial charge in [0.1, 0.15) is 6.04 Å². The number of benzene rings is 2. The molecule has 1 atom stereocenters. The van der Waals surface area contributed by atoms with Gasteiger partial charge in [0, 0.05) is 26.2 Å². The number of amides is 2. The van der Waals surface area contributed by atoms with E-state index in [2.05, 4.69) is 39.8 Å². The van der Waals surface area contributed by atoms with E-state index in [0.29, 0.717) is 17.1 Å². The minimum Gasteiger partial charge on any atom is -0.353 e. The van der Waals surface area contributed by atoms with E-state index < -0.39 is 6.04 Å². The average Bonchev–Trinajstić information content (AvgIpc) is 2.71. The summed E-state index contributed by atoms with van der Waals surface area (Å²) in [7, 11) is 0. The van der Waals surface area contributed by atoms with Crippen LogP contribution in [0.3, 0.4) is 0 Å². The molecule has 154 valence electrons. The third-order valence-electron chi connectivity index (χ3n) is 5.29. The molecule has 2 aromatic rings. The van der Waals surface area contributed by atoms with Crippen molar-refractivity contribution in [3.63, 3.8) is 0 Å².